The summed E-state index contributed by atoms with van der Waals surface area (Å²) in [5.41, 5.74) is 1.44. The summed E-state index contributed by atoms with van der Waals surface area (Å²) in [6, 6.07) is 6.91. The monoisotopic (exact) mass is 478 g/mol. The van der Waals surface area contributed by atoms with E-state index in [1.807, 2.05) is 0 Å². The quantitative estimate of drug-likeness (QED) is 0.663. The number of carbonyl (C=O) groups excluding carboxylic acids is 1. The second-order valence-electron chi connectivity index (χ2n) is 7.28. The van der Waals surface area contributed by atoms with E-state index in [0.29, 0.717) is 59.7 Å². The number of aliphatic imine (C=N–C) groups is 1. The lowest BCUT2D eigenvalue weighted by molar-refractivity contribution is -0.136. The highest BCUT2D eigenvalue weighted by Gasteiger charge is 2.34. The van der Waals surface area contributed by atoms with E-state index in [9.17, 15) is 9.18 Å². The maximum atomic E-state index is 14.6. The van der Waals surface area contributed by atoms with E-state index in [2.05, 4.69) is 20.2 Å². The first-order chi connectivity index (χ1) is 15.5. The highest BCUT2D eigenvalue weighted by atomic mass is 35.5. The van der Waals surface area contributed by atoms with Crippen LogP contribution >= 0.6 is 23.2 Å². The summed E-state index contributed by atoms with van der Waals surface area (Å²) >= 11 is 12.5. The molecular formula is C22H21Cl2FN4O3. The Balaban J connectivity index is 1.85. The Hall–Kier alpha value is -2.52. The Morgan fingerprint density at radius 2 is 2.09 bits per heavy atom. The number of pyridine rings is 1. The van der Waals surface area contributed by atoms with Gasteiger partial charge in [-0.15, -0.1) is 0 Å². The van der Waals surface area contributed by atoms with Crippen LogP contribution in [0, 0.1) is 5.82 Å². The number of nitrogens with one attached hydrogen (secondary N) is 1. The highest BCUT2D eigenvalue weighted by Crippen LogP contribution is 2.37. The fourth-order valence-electron chi connectivity index (χ4n) is 3.68. The summed E-state index contributed by atoms with van der Waals surface area (Å²) in [5, 5.41) is 3.91. The number of hydrogen-bond donors (Lipinski definition) is 1. The van der Waals surface area contributed by atoms with Gasteiger partial charge in [0.05, 0.1) is 25.9 Å². The molecular weight excluding hydrogens is 458 g/mol. The van der Waals surface area contributed by atoms with Crippen LogP contribution in [0.5, 0.6) is 0 Å². The Labute approximate surface area is 194 Å². The third-order valence-corrected chi connectivity index (χ3v) is 5.82. The average Bonchev–Trinajstić information content (AvgIpc) is 2.79. The summed E-state index contributed by atoms with van der Waals surface area (Å²) in [5.74, 6) is -0.886. The van der Waals surface area contributed by atoms with Crippen molar-refractivity contribution in [1.82, 2.24) is 15.2 Å². The molecule has 0 radical (unpaired) electrons. The van der Waals surface area contributed by atoms with Crippen LogP contribution in [0.3, 0.4) is 0 Å². The maximum Gasteiger partial charge on any atom is 0.338 e. The van der Waals surface area contributed by atoms with E-state index in [1.165, 1.54) is 25.4 Å². The highest BCUT2D eigenvalue weighted by molar-refractivity contribution is 6.35. The molecule has 0 saturated carbocycles. The number of methoxy groups -OCH3 is 1. The zero-order valence-corrected chi connectivity index (χ0v) is 18.8. The van der Waals surface area contributed by atoms with Gasteiger partial charge in [0.25, 0.3) is 0 Å². The normalized spacial score (nSPS) is 19.4. The Kier molecular flexibility index (Phi) is 7.05. The fraction of sp³-hybridized carbons (Fsp3) is 0.318. The van der Waals surface area contributed by atoms with Gasteiger partial charge in [-0.3, -0.25) is 9.89 Å². The number of esters is 1. The molecule has 2 aliphatic heterocycles. The Morgan fingerprint density at radius 1 is 1.31 bits per heavy atom. The average molecular weight is 479 g/mol. The molecule has 1 atom stereocenters. The Morgan fingerprint density at radius 3 is 2.78 bits per heavy atom. The molecule has 0 amide bonds. The Bertz CT molecular complexity index is 1090. The number of nitrogens with zero attached hydrogens (tertiary/aromatic N) is 3. The van der Waals surface area contributed by atoms with Gasteiger partial charge in [-0.2, -0.15) is 0 Å². The van der Waals surface area contributed by atoms with Crippen LogP contribution in [0.2, 0.25) is 10.0 Å². The van der Waals surface area contributed by atoms with Crippen molar-refractivity contribution in [3.8, 4) is 0 Å². The molecule has 168 valence electrons. The lowest BCUT2D eigenvalue weighted by atomic mass is 9.95. The third kappa shape index (κ3) is 4.78. The van der Waals surface area contributed by atoms with Gasteiger partial charge in [-0.05, 0) is 24.3 Å². The van der Waals surface area contributed by atoms with E-state index < -0.39 is 17.8 Å². The number of halogens is 3. The zero-order valence-electron chi connectivity index (χ0n) is 17.3. The number of rotatable bonds is 5. The van der Waals surface area contributed by atoms with Crippen molar-refractivity contribution < 1.29 is 18.7 Å². The molecule has 4 rings (SSSR count). The lowest BCUT2D eigenvalue weighted by Gasteiger charge is -2.32. The molecule has 32 heavy (non-hydrogen) atoms. The zero-order chi connectivity index (χ0) is 22.7. The fourth-order valence-corrected chi connectivity index (χ4v) is 4.19. The standard InChI is InChI=1S/C22H21Cl2FN4O3/c1-31-22(30)18-17(12-29-7-9-32-10-8-29)27-21(20-16(25)3-2-6-26-20)28-19(18)14-5-4-13(23)11-15(14)24/h2-6,11,19H,7-10,12H2,1H3,(H,27,28). The van der Waals surface area contributed by atoms with Gasteiger partial charge >= 0.3 is 5.97 Å². The molecule has 1 aromatic carbocycles. The molecule has 2 aromatic rings. The third-order valence-electron chi connectivity index (χ3n) is 5.26. The number of carbonyl (C=O) groups is 1. The van der Waals surface area contributed by atoms with E-state index in [0.717, 1.165) is 0 Å². The SMILES string of the molecule is COC(=O)C1=C(CN2CCOCC2)NC(c2ncccc2F)=NC1c1ccc(Cl)cc1Cl. The minimum absolute atomic E-state index is 0.0472. The number of benzene rings is 1. The second kappa shape index (κ2) is 9.95. The molecule has 2 aliphatic rings. The molecule has 1 saturated heterocycles. The first-order valence-corrected chi connectivity index (χ1v) is 10.8. The predicted molar refractivity (Wildman–Crippen MR) is 119 cm³/mol. The first kappa shape index (κ1) is 22.7. The van der Waals surface area contributed by atoms with Gasteiger partial charge in [0, 0.05) is 47.1 Å². The van der Waals surface area contributed by atoms with Crippen LogP contribution in [0.15, 0.2) is 52.8 Å². The van der Waals surface area contributed by atoms with Crippen molar-refractivity contribution in [2.24, 2.45) is 4.99 Å². The molecule has 1 unspecified atom stereocenters. The number of amidine groups is 1. The summed E-state index contributed by atoms with van der Waals surface area (Å²) in [4.78, 5) is 23.8. The second-order valence-corrected chi connectivity index (χ2v) is 8.12. The minimum Gasteiger partial charge on any atom is -0.466 e. The summed E-state index contributed by atoms with van der Waals surface area (Å²) < 4.78 is 25.1. The van der Waals surface area contributed by atoms with Crippen LogP contribution in [0.4, 0.5) is 4.39 Å². The van der Waals surface area contributed by atoms with E-state index in [-0.39, 0.29) is 11.5 Å². The number of ether oxygens (including phenoxy) is 2. The number of morpholine rings is 1. The topological polar surface area (TPSA) is 76.0 Å². The summed E-state index contributed by atoms with van der Waals surface area (Å²) in [7, 11) is 1.31. The van der Waals surface area contributed by atoms with Crippen LogP contribution in [0.1, 0.15) is 17.3 Å². The number of aromatic nitrogens is 1. The van der Waals surface area contributed by atoms with E-state index >= 15 is 0 Å². The summed E-state index contributed by atoms with van der Waals surface area (Å²) in [6.07, 6.45) is 1.48. The van der Waals surface area contributed by atoms with Crippen LogP contribution in [-0.2, 0) is 14.3 Å². The molecule has 1 N–H and O–H groups in total. The first-order valence-electron chi connectivity index (χ1n) is 10.00. The van der Waals surface area contributed by atoms with E-state index in [4.69, 9.17) is 32.7 Å². The van der Waals surface area contributed by atoms with Crippen LogP contribution in [-0.4, -0.2) is 61.6 Å². The molecule has 1 fully saturated rings. The molecule has 0 spiro atoms. The van der Waals surface area contributed by atoms with Crippen LogP contribution < -0.4 is 5.32 Å². The molecule has 10 heteroatoms. The molecule has 0 bridgehead atoms. The van der Waals surface area contributed by atoms with Crippen molar-refractivity contribution in [3.63, 3.8) is 0 Å². The maximum absolute atomic E-state index is 14.6. The van der Waals surface area contributed by atoms with Crippen molar-refractivity contribution in [2.75, 3.05) is 40.0 Å². The largest absolute Gasteiger partial charge is 0.466 e. The predicted octanol–water partition coefficient (Wildman–Crippen LogP) is 3.38. The van der Waals surface area contributed by atoms with Crippen molar-refractivity contribution in [3.05, 3.63) is 74.9 Å². The van der Waals surface area contributed by atoms with Crippen LogP contribution in [0.25, 0.3) is 0 Å². The molecule has 0 aliphatic carbocycles. The smallest absolute Gasteiger partial charge is 0.338 e. The molecule has 7 nitrogen and oxygen atoms in total. The van der Waals surface area contributed by atoms with Crippen molar-refractivity contribution in [1.29, 1.82) is 0 Å². The summed E-state index contributed by atoms with van der Waals surface area (Å²) in [6.45, 7) is 2.95. The van der Waals surface area contributed by atoms with Gasteiger partial charge in [0.1, 0.15) is 11.7 Å². The van der Waals surface area contributed by atoms with Crippen molar-refractivity contribution in [2.45, 2.75) is 6.04 Å². The van der Waals surface area contributed by atoms with Gasteiger partial charge in [0.2, 0.25) is 0 Å². The molecule has 3 heterocycles. The number of hydrogen-bond acceptors (Lipinski definition) is 7. The lowest BCUT2D eigenvalue weighted by Crippen LogP contribution is -2.43. The van der Waals surface area contributed by atoms with Gasteiger partial charge < -0.3 is 14.8 Å². The van der Waals surface area contributed by atoms with Gasteiger partial charge in [-0.1, -0.05) is 29.3 Å². The van der Waals surface area contributed by atoms with E-state index in [1.54, 1.807) is 18.2 Å². The van der Waals surface area contributed by atoms with Crippen molar-refractivity contribution >= 4 is 35.0 Å². The molecule has 1 aromatic heterocycles. The van der Waals surface area contributed by atoms with Gasteiger partial charge in [-0.25, -0.2) is 14.2 Å². The van der Waals surface area contributed by atoms with Gasteiger partial charge in [0.15, 0.2) is 11.7 Å². The minimum atomic E-state index is -0.832.